The molecular weight excluding hydrogens is 316 g/mol. The second-order valence-electron chi connectivity index (χ2n) is 5.50. The van der Waals surface area contributed by atoms with Crippen LogP contribution >= 0.6 is 11.8 Å². The average molecular weight is 340 g/mol. The zero-order valence-corrected chi connectivity index (χ0v) is 15.1. The summed E-state index contributed by atoms with van der Waals surface area (Å²) in [6.45, 7) is 1.48. The van der Waals surface area contributed by atoms with Crippen LogP contribution in [0.1, 0.15) is 10.9 Å². The molecule has 1 saturated heterocycles. The highest BCUT2D eigenvalue weighted by molar-refractivity contribution is 8.00. The minimum absolute atomic E-state index is 0.113. The van der Waals surface area contributed by atoms with Crippen molar-refractivity contribution in [3.63, 3.8) is 0 Å². The van der Waals surface area contributed by atoms with E-state index in [0.29, 0.717) is 29.5 Å². The number of carbonyl (C=O) groups excluding carboxylic acids is 1. The molecule has 7 heteroatoms. The smallest absolute Gasteiger partial charge is 0.233 e. The number of thioether (sulfide) groups is 1. The minimum Gasteiger partial charge on any atom is -0.496 e. The van der Waals surface area contributed by atoms with Gasteiger partial charge in [-0.05, 0) is 14.1 Å². The molecule has 1 aromatic rings. The Labute approximate surface area is 141 Å². The number of likely N-dealkylation sites (N-methyl/N-ethyl adjacent to an activating group) is 1. The van der Waals surface area contributed by atoms with Crippen LogP contribution in [0.3, 0.4) is 0 Å². The van der Waals surface area contributed by atoms with Gasteiger partial charge in [0.15, 0.2) is 0 Å². The maximum absolute atomic E-state index is 12.3. The molecule has 0 spiro atoms. The third kappa shape index (κ3) is 3.84. The lowest BCUT2D eigenvalue weighted by Crippen LogP contribution is -2.34. The number of benzene rings is 1. The van der Waals surface area contributed by atoms with Crippen molar-refractivity contribution in [3.8, 4) is 17.2 Å². The molecule has 1 heterocycles. The van der Waals surface area contributed by atoms with Crippen molar-refractivity contribution in [2.24, 2.45) is 0 Å². The van der Waals surface area contributed by atoms with Crippen LogP contribution in [0.2, 0.25) is 0 Å². The number of nitrogens with zero attached hydrogens (tertiary/aromatic N) is 2. The topological polar surface area (TPSA) is 51.2 Å². The number of methoxy groups -OCH3 is 3. The van der Waals surface area contributed by atoms with Crippen LogP contribution in [0.5, 0.6) is 17.2 Å². The molecule has 23 heavy (non-hydrogen) atoms. The van der Waals surface area contributed by atoms with E-state index in [1.165, 1.54) is 0 Å². The van der Waals surface area contributed by atoms with Crippen LogP contribution in [-0.4, -0.2) is 70.0 Å². The molecule has 1 aliphatic rings. The third-order valence-electron chi connectivity index (χ3n) is 3.76. The first-order chi connectivity index (χ1) is 11.0. The molecule has 6 nitrogen and oxygen atoms in total. The third-order valence-corrected chi connectivity index (χ3v) is 4.98. The van der Waals surface area contributed by atoms with Crippen LogP contribution in [0.4, 0.5) is 0 Å². The Kier molecular flexibility index (Phi) is 6.01. The van der Waals surface area contributed by atoms with Crippen LogP contribution in [-0.2, 0) is 4.79 Å². The largest absolute Gasteiger partial charge is 0.496 e. The van der Waals surface area contributed by atoms with Gasteiger partial charge in [0.05, 0.1) is 32.6 Å². The van der Waals surface area contributed by atoms with E-state index in [9.17, 15) is 4.79 Å². The molecule has 0 aromatic heterocycles. The fourth-order valence-corrected chi connectivity index (χ4v) is 3.79. The van der Waals surface area contributed by atoms with Gasteiger partial charge in [-0.1, -0.05) is 0 Å². The molecule has 0 radical (unpaired) electrons. The van der Waals surface area contributed by atoms with Gasteiger partial charge in [-0.15, -0.1) is 11.8 Å². The summed E-state index contributed by atoms with van der Waals surface area (Å²) in [7, 11) is 8.83. The van der Waals surface area contributed by atoms with Crippen LogP contribution in [0, 0.1) is 0 Å². The predicted molar refractivity (Wildman–Crippen MR) is 91.6 cm³/mol. The molecule has 128 valence electrons. The Morgan fingerprint density at radius 1 is 1.17 bits per heavy atom. The molecule has 0 aliphatic carbocycles. The van der Waals surface area contributed by atoms with E-state index < -0.39 is 0 Å². The van der Waals surface area contributed by atoms with E-state index in [0.717, 1.165) is 12.1 Å². The van der Waals surface area contributed by atoms with Crippen LogP contribution < -0.4 is 14.2 Å². The molecule has 1 amide bonds. The SMILES string of the molecule is COc1cc(OC)c(C2SCC(=O)N2CCN(C)C)c(OC)c1. The molecule has 1 aromatic carbocycles. The van der Waals surface area contributed by atoms with Gasteiger partial charge in [-0.3, -0.25) is 4.79 Å². The van der Waals surface area contributed by atoms with Crippen molar-refractivity contribution in [3.05, 3.63) is 17.7 Å². The first-order valence-corrected chi connectivity index (χ1v) is 8.42. The molecule has 0 bridgehead atoms. The van der Waals surface area contributed by atoms with E-state index in [4.69, 9.17) is 14.2 Å². The Morgan fingerprint density at radius 2 is 1.78 bits per heavy atom. The van der Waals surface area contributed by atoms with E-state index >= 15 is 0 Å². The molecule has 1 fully saturated rings. The van der Waals surface area contributed by atoms with Crippen molar-refractivity contribution >= 4 is 17.7 Å². The highest BCUT2D eigenvalue weighted by atomic mass is 32.2. The zero-order valence-electron chi connectivity index (χ0n) is 14.3. The maximum Gasteiger partial charge on any atom is 0.233 e. The Morgan fingerprint density at radius 3 is 2.26 bits per heavy atom. The second-order valence-corrected chi connectivity index (χ2v) is 6.57. The predicted octanol–water partition coefficient (Wildman–Crippen LogP) is 1.85. The van der Waals surface area contributed by atoms with Crippen molar-refractivity contribution in [2.45, 2.75) is 5.37 Å². The molecule has 1 aliphatic heterocycles. The number of amides is 1. The van der Waals surface area contributed by atoms with Gasteiger partial charge in [-0.25, -0.2) is 0 Å². The van der Waals surface area contributed by atoms with Gasteiger partial charge in [-0.2, -0.15) is 0 Å². The molecule has 1 unspecified atom stereocenters. The van der Waals surface area contributed by atoms with Crippen molar-refractivity contribution in [2.75, 3.05) is 54.3 Å². The first-order valence-electron chi connectivity index (χ1n) is 7.37. The summed E-state index contributed by atoms with van der Waals surface area (Å²) in [6, 6.07) is 3.65. The first kappa shape index (κ1) is 17.7. The quantitative estimate of drug-likeness (QED) is 0.755. The van der Waals surface area contributed by atoms with Crippen molar-refractivity contribution < 1.29 is 19.0 Å². The lowest BCUT2D eigenvalue weighted by Gasteiger charge is -2.28. The van der Waals surface area contributed by atoms with E-state index in [1.807, 2.05) is 31.1 Å². The average Bonchev–Trinajstić information content (AvgIpc) is 2.91. The summed E-state index contributed by atoms with van der Waals surface area (Å²) < 4.78 is 16.4. The van der Waals surface area contributed by atoms with Gasteiger partial charge in [0.25, 0.3) is 0 Å². The van der Waals surface area contributed by atoms with Crippen molar-refractivity contribution in [1.82, 2.24) is 9.80 Å². The molecule has 0 N–H and O–H groups in total. The lowest BCUT2D eigenvalue weighted by molar-refractivity contribution is -0.128. The highest BCUT2D eigenvalue weighted by Crippen LogP contribution is 2.48. The fraction of sp³-hybridized carbons (Fsp3) is 0.562. The summed E-state index contributed by atoms with van der Waals surface area (Å²) >= 11 is 1.59. The zero-order chi connectivity index (χ0) is 17.0. The summed E-state index contributed by atoms with van der Waals surface area (Å²) in [5.41, 5.74) is 0.880. The summed E-state index contributed by atoms with van der Waals surface area (Å²) in [6.07, 6.45) is 0. The summed E-state index contributed by atoms with van der Waals surface area (Å²) in [4.78, 5) is 16.2. The van der Waals surface area contributed by atoms with Gasteiger partial charge < -0.3 is 24.0 Å². The second kappa shape index (κ2) is 7.79. The summed E-state index contributed by atoms with van der Waals surface area (Å²) in [5.74, 6) is 2.61. The van der Waals surface area contributed by atoms with Gasteiger partial charge in [0.2, 0.25) is 5.91 Å². The number of carbonyl (C=O) groups is 1. The van der Waals surface area contributed by atoms with E-state index in [-0.39, 0.29) is 11.3 Å². The number of hydrogen-bond acceptors (Lipinski definition) is 6. The maximum atomic E-state index is 12.3. The molecule has 0 saturated carbocycles. The van der Waals surface area contributed by atoms with Crippen LogP contribution in [0.15, 0.2) is 12.1 Å². The molecular formula is C16H24N2O4S. The van der Waals surface area contributed by atoms with Crippen LogP contribution in [0.25, 0.3) is 0 Å². The van der Waals surface area contributed by atoms with E-state index in [2.05, 4.69) is 4.90 Å². The Bertz CT molecular complexity index is 540. The summed E-state index contributed by atoms with van der Waals surface area (Å²) in [5, 5.41) is -0.113. The number of ether oxygens (including phenoxy) is 3. The molecule has 1 atom stereocenters. The lowest BCUT2D eigenvalue weighted by atomic mass is 10.1. The minimum atomic E-state index is -0.113. The standard InChI is InChI=1S/C16H24N2O4S/c1-17(2)6-7-18-14(19)10-23-16(18)15-12(21-4)8-11(20-3)9-13(15)22-5/h8-9,16H,6-7,10H2,1-5H3. The van der Waals surface area contributed by atoms with Gasteiger partial charge in [0, 0.05) is 25.2 Å². The Balaban J connectivity index is 2.40. The fourth-order valence-electron chi connectivity index (χ4n) is 2.52. The van der Waals surface area contributed by atoms with Gasteiger partial charge in [0.1, 0.15) is 22.6 Å². The van der Waals surface area contributed by atoms with Gasteiger partial charge >= 0.3 is 0 Å². The molecule has 2 rings (SSSR count). The Hall–Kier alpha value is -1.60. The monoisotopic (exact) mass is 340 g/mol. The highest BCUT2D eigenvalue weighted by Gasteiger charge is 2.36. The number of rotatable bonds is 7. The van der Waals surface area contributed by atoms with E-state index in [1.54, 1.807) is 33.1 Å². The normalized spacial score (nSPS) is 17.7. The van der Waals surface area contributed by atoms with Crippen molar-refractivity contribution in [1.29, 1.82) is 0 Å². The number of hydrogen-bond donors (Lipinski definition) is 0.